The van der Waals surface area contributed by atoms with Crippen LogP contribution in [0, 0.1) is 0 Å². The number of piperidine rings is 1. The van der Waals surface area contributed by atoms with Gasteiger partial charge in [0.25, 0.3) is 0 Å². The molecule has 3 unspecified atom stereocenters. The van der Waals surface area contributed by atoms with Crippen LogP contribution in [0.25, 0.3) is 0 Å². The van der Waals surface area contributed by atoms with Crippen molar-refractivity contribution in [2.75, 3.05) is 25.4 Å². The maximum atomic E-state index is 3.68. The van der Waals surface area contributed by atoms with E-state index >= 15 is 0 Å². The molecular weight excluding hydrogens is 228 g/mol. The molecule has 0 aromatic heterocycles. The molecule has 0 amide bonds. The Bertz CT molecular complexity index is 216. The Morgan fingerprint density at radius 1 is 1.41 bits per heavy atom. The molecule has 0 aromatic rings. The van der Waals surface area contributed by atoms with Gasteiger partial charge in [-0.05, 0) is 39.2 Å². The molecular formula is C14H28N2S. The van der Waals surface area contributed by atoms with Crippen LogP contribution in [0.15, 0.2) is 0 Å². The van der Waals surface area contributed by atoms with Gasteiger partial charge in [0.15, 0.2) is 0 Å². The van der Waals surface area contributed by atoms with Crippen LogP contribution in [-0.2, 0) is 0 Å². The first kappa shape index (κ1) is 13.7. The van der Waals surface area contributed by atoms with Gasteiger partial charge in [0.05, 0.1) is 0 Å². The van der Waals surface area contributed by atoms with Crippen molar-refractivity contribution in [3.63, 3.8) is 0 Å². The minimum absolute atomic E-state index is 0.764. The van der Waals surface area contributed by atoms with E-state index in [1.165, 1.54) is 57.5 Å². The Kier molecular flexibility index (Phi) is 5.64. The quantitative estimate of drug-likeness (QED) is 0.832. The molecule has 2 aliphatic heterocycles. The molecule has 2 saturated heterocycles. The van der Waals surface area contributed by atoms with Gasteiger partial charge >= 0.3 is 0 Å². The van der Waals surface area contributed by atoms with Crippen molar-refractivity contribution < 1.29 is 0 Å². The van der Waals surface area contributed by atoms with Crippen molar-refractivity contribution in [3.05, 3.63) is 0 Å². The van der Waals surface area contributed by atoms with Gasteiger partial charge in [0.1, 0.15) is 0 Å². The van der Waals surface area contributed by atoms with E-state index in [-0.39, 0.29) is 0 Å². The van der Waals surface area contributed by atoms with E-state index in [1.807, 2.05) is 0 Å². The third-order valence-corrected chi connectivity index (χ3v) is 5.66. The number of hydrogen-bond acceptors (Lipinski definition) is 3. The lowest BCUT2D eigenvalue weighted by Crippen LogP contribution is -2.46. The van der Waals surface area contributed by atoms with Gasteiger partial charge in [-0.1, -0.05) is 13.3 Å². The highest BCUT2D eigenvalue weighted by Gasteiger charge is 2.25. The van der Waals surface area contributed by atoms with Crippen LogP contribution in [0.2, 0.25) is 0 Å². The highest BCUT2D eigenvalue weighted by Crippen LogP contribution is 2.24. The van der Waals surface area contributed by atoms with Gasteiger partial charge in [-0.15, -0.1) is 0 Å². The van der Waals surface area contributed by atoms with Crippen molar-refractivity contribution >= 4 is 11.8 Å². The van der Waals surface area contributed by atoms with Crippen LogP contribution >= 0.6 is 11.8 Å². The molecule has 2 rings (SSSR count). The maximum absolute atomic E-state index is 3.68. The molecule has 2 aliphatic rings. The lowest BCUT2D eigenvalue weighted by atomic mass is 9.98. The van der Waals surface area contributed by atoms with E-state index < -0.39 is 0 Å². The second kappa shape index (κ2) is 7.01. The summed E-state index contributed by atoms with van der Waals surface area (Å²) in [7, 11) is 0. The van der Waals surface area contributed by atoms with Crippen LogP contribution in [-0.4, -0.2) is 47.6 Å². The number of thioether (sulfide) groups is 1. The maximum Gasteiger partial charge on any atom is 0.0172 e. The molecule has 2 heterocycles. The fourth-order valence-electron chi connectivity index (χ4n) is 3.08. The molecule has 100 valence electrons. The van der Waals surface area contributed by atoms with Crippen LogP contribution in [0.4, 0.5) is 0 Å². The van der Waals surface area contributed by atoms with E-state index in [9.17, 15) is 0 Å². The van der Waals surface area contributed by atoms with E-state index in [1.54, 1.807) is 0 Å². The zero-order chi connectivity index (χ0) is 12.1. The van der Waals surface area contributed by atoms with E-state index in [4.69, 9.17) is 0 Å². The third kappa shape index (κ3) is 4.15. The molecule has 3 heteroatoms. The van der Waals surface area contributed by atoms with Gasteiger partial charge in [-0.3, -0.25) is 4.90 Å². The molecule has 3 atom stereocenters. The Morgan fingerprint density at radius 2 is 2.29 bits per heavy atom. The Balaban J connectivity index is 1.75. The van der Waals surface area contributed by atoms with Crippen LogP contribution in [0.3, 0.4) is 0 Å². The van der Waals surface area contributed by atoms with Crippen molar-refractivity contribution in [2.45, 2.75) is 63.3 Å². The molecule has 17 heavy (non-hydrogen) atoms. The van der Waals surface area contributed by atoms with Gasteiger partial charge < -0.3 is 5.32 Å². The molecule has 0 saturated carbocycles. The van der Waals surface area contributed by atoms with Gasteiger partial charge in [-0.25, -0.2) is 0 Å². The molecule has 0 radical (unpaired) electrons. The summed E-state index contributed by atoms with van der Waals surface area (Å²) >= 11 is 2.17. The van der Waals surface area contributed by atoms with Gasteiger partial charge in [-0.2, -0.15) is 11.8 Å². The lowest BCUT2D eigenvalue weighted by Gasteiger charge is -2.38. The zero-order valence-electron chi connectivity index (χ0n) is 11.5. The summed E-state index contributed by atoms with van der Waals surface area (Å²) in [5.41, 5.74) is 0. The standard InChI is InChI=1S/C14H28N2S/c1-3-14-11-16(8-9-17-14)12(2)10-13-6-4-5-7-15-13/h12-15H,3-11H2,1-2H3. The first-order chi connectivity index (χ1) is 8.29. The van der Waals surface area contributed by atoms with Crippen molar-refractivity contribution in [1.82, 2.24) is 10.2 Å². The fourth-order valence-corrected chi connectivity index (χ4v) is 4.28. The minimum atomic E-state index is 0.764. The number of hydrogen-bond donors (Lipinski definition) is 1. The predicted molar refractivity (Wildman–Crippen MR) is 77.8 cm³/mol. The Morgan fingerprint density at radius 3 is 3.00 bits per heavy atom. The largest absolute Gasteiger partial charge is 0.314 e. The summed E-state index contributed by atoms with van der Waals surface area (Å²) in [5, 5.41) is 4.56. The Labute approximate surface area is 111 Å². The first-order valence-corrected chi connectivity index (χ1v) is 8.43. The summed E-state index contributed by atoms with van der Waals surface area (Å²) < 4.78 is 0. The smallest absolute Gasteiger partial charge is 0.0172 e. The third-order valence-electron chi connectivity index (χ3n) is 4.29. The van der Waals surface area contributed by atoms with Gasteiger partial charge in [0.2, 0.25) is 0 Å². The normalized spacial score (nSPS) is 33.5. The average molecular weight is 256 g/mol. The van der Waals surface area contributed by atoms with Crippen LogP contribution < -0.4 is 5.32 Å². The summed E-state index contributed by atoms with van der Waals surface area (Å²) in [4.78, 5) is 2.72. The second-order valence-corrected chi connectivity index (χ2v) is 7.04. The fraction of sp³-hybridized carbons (Fsp3) is 1.00. The molecule has 1 N–H and O–H groups in total. The molecule has 0 bridgehead atoms. The van der Waals surface area contributed by atoms with E-state index in [0.29, 0.717) is 0 Å². The SMILES string of the molecule is CCC1CN(C(C)CC2CCCCN2)CCS1. The van der Waals surface area contributed by atoms with Crippen molar-refractivity contribution in [1.29, 1.82) is 0 Å². The van der Waals surface area contributed by atoms with Crippen LogP contribution in [0.5, 0.6) is 0 Å². The number of nitrogens with one attached hydrogen (secondary N) is 1. The lowest BCUT2D eigenvalue weighted by molar-refractivity contribution is 0.184. The highest BCUT2D eigenvalue weighted by molar-refractivity contribution is 8.00. The summed E-state index contributed by atoms with van der Waals surface area (Å²) in [6.07, 6.45) is 6.88. The molecule has 2 fully saturated rings. The van der Waals surface area contributed by atoms with Crippen LogP contribution in [0.1, 0.15) is 46.0 Å². The molecule has 0 spiro atoms. The first-order valence-electron chi connectivity index (χ1n) is 7.38. The summed E-state index contributed by atoms with van der Waals surface area (Å²) in [6, 6.07) is 1.55. The topological polar surface area (TPSA) is 15.3 Å². The average Bonchev–Trinajstić information content (AvgIpc) is 2.40. The summed E-state index contributed by atoms with van der Waals surface area (Å²) in [5.74, 6) is 1.33. The summed E-state index contributed by atoms with van der Waals surface area (Å²) in [6.45, 7) is 8.61. The molecule has 0 aromatic carbocycles. The number of rotatable bonds is 4. The number of nitrogens with zero attached hydrogens (tertiary/aromatic N) is 1. The zero-order valence-corrected chi connectivity index (χ0v) is 12.3. The second-order valence-electron chi connectivity index (χ2n) is 5.63. The van der Waals surface area contributed by atoms with Crippen molar-refractivity contribution in [3.8, 4) is 0 Å². The van der Waals surface area contributed by atoms with E-state index in [0.717, 1.165) is 17.3 Å². The van der Waals surface area contributed by atoms with Crippen molar-refractivity contribution in [2.24, 2.45) is 0 Å². The molecule has 0 aliphatic carbocycles. The van der Waals surface area contributed by atoms with Gasteiger partial charge in [0, 0.05) is 36.2 Å². The van der Waals surface area contributed by atoms with E-state index in [2.05, 4.69) is 35.8 Å². The molecule has 2 nitrogen and oxygen atoms in total. The minimum Gasteiger partial charge on any atom is -0.314 e. The predicted octanol–water partition coefficient (Wildman–Crippen LogP) is 2.73. The monoisotopic (exact) mass is 256 g/mol. The highest BCUT2D eigenvalue weighted by atomic mass is 32.2. The Hall–Kier alpha value is 0.270.